The van der Waals surface area contributed by atoms with E-state index in [1.165, 1.54) is 0 Å². The molecule has 2 fully saturated rings. The molecule has 2 aliphatic rings. The Morgan fingerprint density at radius 1 is 1.32 bits per heavy atom. The molecule has 1 N–H and O–H groups in total. The van der Waals surface area contributed by atoms with E-state index in [0.29, 0.717) is 12.1 Å². The zero-order chi connectivity index (χ0) is 14.8. The average molecular weight is 325 g/mol. The van der Waals surface area contributed by atoms with Crippen LogP contribution < -0.4 is 10.1 Å². The number of methoxy groups -OCH3 is 1. The first kappa shape index (κ1) is 17.1. The van der Waals surface area contributed by atoms with E-state index in [1.54, 1.807) is 7.11 Å². The fourth-order valence-corrected chi connectivity index (χ4v) is 3.62. The summed E-state index contributed by atoms with van der Waals surface area (Å²) < 4.78 is 5.27. The summed E-state index contributed by atoms with van der Waals surface area (Å²) in [5.41, 5.74) is 1.04. The van der Waals surface area contributed by atoms with Crippen molar-refractivity contribution in [3.8, 4) is 5.75 Å². The minimum Gasteiger partial charge on any atom is -0.497 e. The molecule has 4 nitrogen and oxygen atoms in total. The zero-order valence-electron chi connectivity index (χ0n) is 13.2. The van der Waals surface area contributed by atoms with Gasteiger partial charge in [0.05, 0.1) is 13.0 Å². The van der Waals surface area contributed by atoms with E-state index in [0.717, 1.165) is 43.7 Å². The number of benzene rings is 1. The molecule has 3 rings (SSSR count). The van der Waals surface area contributed by atoms with Gasteiger partial charge in [0, 0.05) is 18.6 Å². The van der Waals surface area contributed by atoms with Gasteiger partial charge in [-0.05, 0) is 50.4 Å². The molecule has 2 aliphatic heterocycles. The van der Waals surface area contributed by atoms with Gasteiger partial charge in [0.25, 0.3) is 0 Å². The lowest BCUT2D eigenvalue weighted by molar-refractivity contribution is -0.135. The Hall–Kier alpha value is -1.26. The van der Waals surface area contributed by atoms with E-state index < -0.39 is 0 Å². The molecule has 1 aromatic carbocycles. The van der Waals surface area contributed by atoms with E-state index in [-0.39, 0.29) is 24.2 Å². The standard InChI is InChI=1S/C17H24N2O2.ClH/c1-12(13-4-3-5-16(10-13)21-2)17(20)19-14-6-7-15(19)11-18-9-8-14;/h3-5,10,12,14-15,18H,6-9,11H2,1-2H3;1H. The van der Waals surface area contributed by atoms with Crippen LogP contribution in [0.15, 0.2) is 24.3 Å². The van der Waals surface area contributed by atoms with Crippen LogP contribution in [-0.2, 0) is 4.79 Å². The Labute approximate surface area is 138 Å². The molecular formula is C17H25ClN2O2. The minimum absolute atomic E-state index is 0. The summed E-state index contributed by atoms with van der Waals surface area (Å²) in [6.45, 7) is 3.97. The minimum atomic E-state index is -0.110. The maximum Gasteiger partial charge on any atom is 0.230 e. The Morgan fingerprint density at radius 2 is 2.09 bits per heavy atom. The predicted molar refractivity (Wildman–Crippen MR) is 89.8 cm³/mol. The second-order valence-corrected chi connectivity index (χ2v) is 6.12. The number of rotatable bonds is 3. The van der Waals surface area contributed by atoms with Crippen LogP contribution >= 0.6 is 12.4 Å². The van der Waals surface area contributed by atoms with E-state index in [2.05, 4.69) is 10.2 Å². The number of hydrogen-bond donors (Lipinski definition) is 1. The molecule has 22 heavy (non-hydrogen) atoms. The van der Waals surface area contributed by atoms with Crippen LogP contribution in [0.25, 0.3) is 0 Å². The quantitative estimate of drug-likeness (QED) is 0.929. The lowest BCUT2D eigenvalue weighted by Crippen LogP contribution is -2.44. The molecule has 122 valence electrons. The second kappa shape index (κ2) is 7.34. The van der Waals surface area contributed by atoms with Crippen molar-refractivity contribution < 1.29 is 9.53 Å². The number of carbonyl (C=O) groups is 1. The molecule has 2 bridgehead atoms. The molecule has 2 heterocycles. The van der Waals surface area contributed by atoms with Crippen molar-refractivity contribution >= 4 is 18.3 Å². The fourth-order valence-electron chi connectivity index (χ4n) is 3.62. The van der Waals surface area contributed by atoms with Crippen molar-refractivity contribution in [3.05, 3.63) is 29.8 Å². The Balaban J connectivity index is 0.00000176. The van der Waals surface area contributed by atoms with Gasteiger partial charge in [-0.25, -0.2) is 0 Å². The lowest BCUT2D eigenvalue weighted by atomic mass is 9.98. The highest BCUT2D eigenvalue weighted by atomic mass is 35.5. The third-order valence-electron chi connectivity index (χ3n) is 4.87. The molecule has 0 saturated carbocycles. The molecule has 0 aliphatic carbocycles. The summed E-state index contributed by atoms with van der Waals surface area (Å²) in [5.74, 6) is 0.966. The molecule has 3 atom stereocenters. The summed E-state index contributed by atoms with van der Waals surface area (Å²) in [7, 11) is 1.66. The molecule has 5 heteroatoms. The van der Waals surface area contributed by atoms with Crippen molar-refractivity contribution in [2.24, 2.45) is 0 Å². The van der Waals surface area contributed by atoms with Gasteiger partial charge in [-0.1, -0.05) is 12.1 Å². The van der Waals surface area contributed by atoms with E-state index in [1.807, 2.05) is 31.2 Å². The SMILES string of the molecule is COc1cccc(C(C)C(=O)N2C3CCNCC2CC3)c1.Cl. The van der Waals surface area contributed by atoms with Gasteiger partial charge >= 0.3 is 0 Å². The van der Waals surface area contributed by atoms with Crippen LogP contribution in [0.5, 0.6) is 5.75 Å². The Bertz CT molecular complexity index is 509. The smallest absolute Gasteiger partial charge is 0.230 e. The van der Waals surface area contributed by atoms with Gasteiger partial charge in [-0.3, -0.25) is 4.79 Å². The van der Waals surface area contributed by atoms with Crippen LogP contribution in [0.3, 0.4) is 0 Å². The number of hydrogen-bond acceptors (Lipinski definition) is 3. The van der Waals surface area contributed by atoms with Crippen LogP contribution in [0, 0.1) is 0 Å². The molecule has 1 amide bonds. The first-order valence-electron chi connectivity index (χ1n) is 7.87. The molecule has 2 saturated heterocycles. The third-order valence-corrected chi connectivity index (χ3v) is 4.87. The number of ether oxygens (including phenoxy) is 1. The van der Waals surface area contributed by atoms with E-state index in [4.69, 9.17) is 4.74 Å². The van der Waals surface area contributed by atoms with Crippen LogP contribution in [-0.4, -0.2) is 43.1 Å². The summed E-state index contributed by atoms with van der Waals surface area (Å²) in [6.07, 6.45) is 3.37. The van der Waals surface area contributed by atoms with Gasteiger partial charge in [0.15, 0.2) is 0 Å². The number of nitrogens with one attached hydrogen (secondary N) is 1. The second-order valence-electron chi connectivity index (χ2n) is 6.12. The summed E-state index contributed by atoms with van der Waals surface area (Å²) >= 11 is 0. The van der Waals surface area contributed by atoms with Gasteiger partial charge in [-0.2, -0.15) is 0 Å². The van der Waals surface area contributed by atoms with Crippen molar-refractivity contribution in [2.75, 3.05) is 20.2 Å². The summed E-state index contributed by atoms with van der Waals surface area (Å²) in [4.78, 5) is 15.1. The largest absolute Gasteiger partial charge is 0.497 e. The first-order chi connectivity index (χ1) is 10.2. The lowest BCUT2D eigenvalue weighted by Gasteiger charge is -2.30. The maximum atomic E-state index is 13.0. The highest BCUT2D eigenvalue weighted by Gasteiger charge is 2.39. The zero-order valence-corrected chi connectivity index (χ0v) is 14.1. The maximum absolute atomic E-state index is 13.0. The van der Waals surface area contributed by atoms with Crippen LogP contribution in [0.4, 0.5) is 0 Å². The summed E-state index contributed by atoms with van der Waals surface area (Å²) in [6, 6.07) is 8.66. The van der Waals surface area contributed by atoms with Gasteiger partial charge in [0.1, 0.15) is 5.75 Å². The number of carbonyl (C=O) groups excluding carboxylic acids is 1. The van der Waals surface area contributed by atoms with E-state index in [9.17, 15) is 4.79 Å². The van der Waals surface area contributed by atoms with Gasteiger partial charge in [-0.15, -0.1) is 12.4 Å². The molecule has 0 aromatic heterocycles. The number of amides is 1. The Morgan fingerprint density at radius 3 is 2.86 bits per heavy atom. The number of halogens is 1. The molecular weight excluding hydrogens is 300 g/mol. The van der Waals surface area contributed by atoms with Crippen LogP contribution in [0.2, 0.25) is 0 Å². The van der Waals surface area contributed by atoms with Crippen molar-refractivity contribution in [1.82, 2.24) is 10.2 Å². The monoisotopic (exact) mass is 324 g/mol. The van der Waals surface area contributed by atoms with Crippen molar-refractivity contribution in [1.29, 1.82) is 0 Å². The molecule has 1 aromatic rings. The van der Waals surface area contributed by atoms with E-state index >= 15 is 0 Å². The first-order valence-corrected chi connectivity index (χ1v) is 7.87. The molecule has 0 spiro atoms. The predicted octanol–water partition coefficient (Wildman–Crippen LogP) is 2.57. The normalized spacial score (nSPS) is 25.1. The average Bonchev–Trinajstić information content (AvgIpc) is 2.79. The number of fused-ring (bicyclic) bond motifs is 2. The molecule has 3 unspecified atom stereocenters. The summed E-state index contributed by atoms with van der Waals surface area (Å²) in [5, 5.41) is 3.45. The van der Waals surface area contributed by atoms with Gasteiger partial charge in [0.2, 0.25) is 5.91 Å². The number of nitrogens with zero attached hydrogens (tertiary/aromatic N) is 1. The van der Waals surface area contributed by atoms with Crippen molar-refractivity contribution in [3.63, 3.8) is 0 Å². The third kappa shape index (κ3) is 3.23. The highest BCUT2D eigenvalue weighted by molar-refractivity contribution is 5.85. The highest BCUT2D eigenvalue weighted by Crippen LogP contribution is 2.32. The topological polar surface area (TPSA) is 41.6 Å². The van der Waals surface area contributed by atoms with Gasteiger partial charge < -0.3 is 15.0 Å². The van der Waals surface area contributed by atoms with Crippen molar-refractivity contribution in [2.45, 2.75) is 44.2 Å². The molecule has 0 radical (unpaired) electrons. The Kier molecular flexibility index (Phi) is 5.70. The van der Waals surface area contributed by atoms with Crippen LogP contribution in [0.1, 0.15) is 37.7 Å². The fraction of sp³-hybridized carbons (Fsp3) is 0.588.